The summed E-state index contributed by atoms with van der Waals surface area (Å²) in [5.41, 5.74) is 0.880. The van der Waals surface area contributed by atoms with E-state index in [4.69, 9.17) is 11.6 Å². The van der Waals surface area contributed by atoms with Crippen molar-refractivity contribution in [2.45, 2.75) is 37.8 Å². The number of nitrogens with one attached hydrogen (secondary N) is 2. The highest BCUT2D eigenvalue weighted by Crippen LogP contribution is 2.22. The lowest BCUT2D eigenvalue weighted by Gasteiger charge is -2.38. The van der Waals surface area contributed by atoms with Crippen LogP contribution in [0.1, 0.15) is 36.0 Å². The molecule has 1 aromatic carbocycles. The molecule has 3 rings (SSSR count). The fourth-order valence-corrected chi connectivity index (χ4v) is 3.05. The fraction of sp³-hybridized carbons (Fsp3) is 0.375. The molecule has 21 heavy (non-hydrogen) atoms. The van der Waals surface area contributed by atoms with Crippen LogP contribution in [0, 0.1) is 0 Å². The Morgan fingerprint density at radius 2 is 1.71 bits per heavy atom. The Kier molecular flexibility index (Phi) is 3.97. The van der Waals surface area contributed by atoms with Crippen molar-refractivity contribution in [3.63, 3.8) is 0 Å². The standard InChI is InChI=1S/C16H17ClN2O2/c17-11-7-5-10(6-8-11)15(20)9-14-16(21)19-13-4-2-1-3-12(13)18-14/h5-9,12-13,18H,1-4H2,(H,19,21)/b14-9-. The number of ketones is 1. The molecule has 1 aromatic rings. The molecule has 0 aromatic heterocycles. The summed E-state index contributed by atoms with van der Waals surface area (Å²) in [7, 11) is 0. The quantitative estimate of drug-likeness (QED) is 0.652. The highest BCUT2D eigenvalue weighted by molar-refractivity contribution is 6.30. The number of halogens is 1. The van der Waals surface area contributed by atoms with Crippen LogP contribution in [0.4, 0.5) is 0 Å². The average molecular weight is 305 g/mol. The largest absolute Gasteiger partial charge is 0.376 e. The van der Waals surface area contributed by atoms with Crippen LogP contribution >= 0.6 is 11.6 Å². The highest BCUT2D eigenvalue weighted by atomic mass is 35.5. The zero-order valence-electron chi connectivity index (χ0n) is 11.6. The van der Waals surface area contributed by atoms with Gasteiger partial charge in [-0.2, -0.15) is 0 Å². The SMILES string of the molecule is O=C1NC2CCCCC2N/C1=C\C(=O)c1ccc(Cl)cc1. The third kappa shape index (κ3) is 3.10. The van der Waals surface area contributed by atoms with Crippen LogP contribution < -0.4 is 10.6 Å². The van der Waals surface area contributed by atoms with Crippen molar-refractivity contribution >= 4 is 23.3 Å². The Labute approximate surface area is 128 Å². The van der Waals surface area contributed by atoms with Gasteiger partial charge in [0.2, 0.25) is 0 Å². The van der Waals surface area contributed by atoms with E-state index in [1.807, 2.05) is 0 Å². The second-order valence-corrected chi connectivity index (χ2v) is 5.98. The van der Waals surface area contributed by atoms with Gasteiger partial charge >= 0.3 is 0 Å². The van der Waals surface area contributed by atoms with Gasteiger partial charge in [-0.05, 0) is 37.1 Å². The zero-order chi connectivity index (χ0) is 14.8. The van der Waals surface area contributed by atoms with E-state index >= 15 is 0 Å². The number of hydrogen-bond acceptors (Lipinski definition) is 3. The summed E-state index contributed by atoms with van der Waals surface area (Å²) in [5.74, 6) is -0.390. The van der Waals surface area contributed by atoms with Gasteiger partial charge in [-0.15, -0.1) is 0 Å². The molecule has 5 heteroatoms. The van der Waals surface area contributed by atoms with Crippen LogP contribution in [0.2, 0.25) is 5.02 Å². The van der Waals surface area contributed by atoms with Crippen LogP contribution in [0.25, 0.3) is 0 Å². The number of allylic oxidation sites excluding steroid dienone is 1. The molecule has 1 heterocycles. The molecule has 1 aliphatic carbocycles. The van der Waals surface area contributed by atoms with Gasteiger partial charge in [-0.1, -0.05) is 24.4 Å². The number of benzene rings is 1. The van der Waals surface area contributed by atoms with Crippen LogP contribution in [0.5, 0.6) is 0 Å². The second-order valence-electron chi connectivity index (χ2n) is 5.54. The third-order valence-electron chi connectivity index (χ3n) is 4.07. The van der Waals surface area contributed by atoms with Crippen LogP contribution in [-0.2, 0) is 4.79 Å². The first-order valence-corrected chi connectivity index (χ1v) is 7.60. The fourth-order valence-electron chi connectivity index (χ4n) is 2.92. The molecular formula is C16H17ClN2O2. The minimum absolute atomic E-state index is 0.189. The van der Waals surface area contributed by atoms with Crippen molar-refractivity contribution in [1.29, 1.82) is 0 Å². The predicted octanol–water partition coefficient (Wildman–Crippen LogP) is 2.44. The zero-order valence-corrected chi connectivity index (χ0v) is 12.3. The van der Waals surface area contributed by atoms with E-state index in [2.05, 4.69) is 10.6 Å². The lowest BCUT2D eigenvalue weighted by atomic mass is 9.88. The number of rotatable bonds is 2. The Bertz CT molecular complexity index is 595. The molecule has 1 saturated carbocycles. The normalized spacial score (nSPS) is 26.7. The maximum absolute atomic E-state index is 12.2. The molecule has 0 radical (unpaired) electrons. The smallest absolute Gasteiger partial charge is 0.267 e. The van der Waals surface area contributed by atoms with Gasteiger partial charge in [-0.3, -0.25) is 9.59 Å². The highest BCUT2D eigenvalue weighted by Gasteiger charge is 2.33. The molecule has 4 nitrogen and oxygen atoms in total. The van der Waals surface area contributed by atoms with Gasteiger partial charge < -0.3 is 10.6 Å². The topological polar surface area (TPSA) is 58.2 Å². The van der Waals surface area contributed by atoms with Gasteiger partial charge in [0.1, 0.15) is 5.70 Å². The van der Waals surface area contributed by atoms with Crippen LogP contribution in [0.3, 0.4) is 0 Å². The predicted molar refractivity (Wildman–Crippen MR) is 81.2 cm³/mol. The molecule has 2 unspecified atom stereocenters. The van der Waals surface area contributed by atoms with Crippen LogP contribution in [0.15, 0.2) is 36.0 Å². The van der Waals surface area contributed by atoms with E-state index in [-0.39, 0.29) is 23.8 Å². The Morgan fingerprint density at radius 3 is 2.38 bits per heavy atom. The number of fused-ring (bicyclic) bond motifs is 1. The van der Waals surface area contributed by atoms with Gasteiger partial charge in [-0.25, -0.2) is 0 Å². The van der Waals surface area contributed by atoms with Crippen molar-refractivity contribution in [2.75, 3.05) is 0 Å². The molecule has 2 fully saturated rings. The molecule has 1 amide bonds. The monoisotopic (exact) mass is 304 g/mol. The molecule has 110 valence electrons. The molecule has 2 aliphatic rings. The molecule has 2 atom stereocenters. The first-order valence-electron chi connectivity index (χ1n) is 7.22. The minimum Gasteiger partial charge on any atom is -0.376 e. The Morgan fingerprint density at radius 1 is 1.10 bits per heavy atom. The van der Waals surface area contributed by atoms with E-state index in [9.17, 15) is 9.59 Å². The Hall–Kier alpha value is -1.81. The van der Waals surface area contributed by atoms with E-state index in [1.165, 1.54) is 6.08 Å². The summed E-state index contributed by atoms with van der Waals surface area (Å²) >= 11 is 5.80. The number of carbonyl (C=O) groups excluding carboxylic acids is 2. The number of hydrogen-bond donors (Lipinski definition) is 2. The lowest BCUT2D eigenvalue weighted by Crippen LogP contribution is -2.58. The Balaban J connectivity index is 1.77. The summed E-state index contributed by atoms with van der Waals surface area (Å²) in [4.78, 5) is 24.2. The lowest BCUT2D eigenvalue weighted by molar-refractivity contribution is -0.120. The first-order chi connectivity index (χ1) is 10.1. The number of amides is 1. The average Bonchev–Trinajstić information content (AvgIpc) is 2.48. The molecule has 1 saturated heterocycles. The van der Waals surface area contributed by atoms with E-state index in [0.29, 0.717) is 16.3 Å². The number of piperazine rings is 1. The van der Waals surface area contributed by atoms with Crippen molar-refractivity contribution in [3.8, 4) is 0 Å². The molecule has 2 N–H and O–H groups in total. The number of carbonyl (C=O) groups is 2. The minimum atomic E-state index is -0.196. The molecule has 1 aliphatic heterocycles. The molecule has 0 bridgehead atoms. The van der Waals surface area contributed by atoms with Gasteiger partial charge in [0, 0.05) is 28.7 Å². The summed E-state index contributed by atoms with van der Waals surface area (Å²) in [5, 5.41) is 6.79. The maximum atomic E-state index is 12.2. The van der Waals surface area contributed by atoms with E-state index in [1.54, 1.807) is 24.3 Å². The van der Waals surface area contributed by atoms with E-state index in [0.717, 1.165) is 25.7 Å². The van der Waals surface area contributed by atoms with E-state index < -0.39 is 0 Å². The molecule has 0 spiro atoms. The van der Waals surface area contributed by atoms with Crippen molar-refractivity contribution < 1.29 is 9.59 Å². The van der Waals surface area contributed by atoms with Crippen molar-refractivity contribution in [2.24, 2.45) is 0 Å². The summed E-state index contributed by atoms with van der Waals surface area (Å²) in [6.45, 7) is 0. The van der Waals surface area contributed by atoms with Crippen molar-refractivity contribution in [3.05, 3.63) is 46.6 Å². The summed E-state index contributed by atoms with van der Waals surface area (Å²) < 4.78 is 0. The summed E-state index contributed by atoms with van der Waals surface area (Å²) in [6.07, 6.45) is 5.71. The second kappa shape index (κ2) is 5.90. The third-order valence-corrected chi connectivity index (χ3v) is 4.32. The van der Waals surface area contributed by atoms with Gasteiger partial charge in [0.05, 0.1) is 0 Å². The van der Waals surface area contributed by atoms with Crippen molar-refractivity contribution in [1.82, 2.24) is 10.6 Å². The van der Waals surface area contributed by atoms with Gasteiger partial charge in [0.25, 0.3) is 5.91 Å². The maximum Gasteiger partial charge on any atom is 0.267 e. The van der Waals surface area contributed by atoms with Gasteiger partial charge in [0.15, 0.2) is 5.78 Å². The molecular weight excluding hydrogens is 288 g/mol. The summed E-state index contributed by atoms with van der Waals surface area (Å²) in [6, 6.07) is 7.07. The first kappa shape index (κ1) is 14.1. The van der Waals surface area contributed by atoms with Crippen LogP contribution in [-0.4, -0.2) is 23.8 Å².